The van der Waals surface area contributed by atoms with Gasteiger partial charge in [-0.2, -0.15) is 13.2 Å². The second-order valence-corrected chi connectivity index (χ2v) is 5.96. The van der Waals surface area contributed by atoms with Crippen molar-refractivity contribution < 1.29 is 18.0 Å². The molecule has 1 saturated heterocycles. The van der Waals surface area contributed by atoms with Gasteiger partial charge in [0.05, 0.1) is 5.92 Å². The van der Waals surface area contributed by atoms with Crippen molar-refractivity contribution in [1.82, 2.24) is 14.9 Å². The lowest BCUT2D eigenvalue weighted by Crippen LogP contribution is -2.50. The maximum atomic E-state index is 13.1. The maximum Gasteiger partial charge on any atom is 0.394 e. The number of halogens is 3. The standard InChI is InChI=1S/C14H19F3N4O/c1-8-7-9(20-12(18-4)19-8)11(22)21-6-5-10(13(21,2)3)14(15,16)17/h7,10H,5-6H2,1-4H3,(H,18,19,20). The number of alkyl halides is 3. The topological polar surface area (TPSA) is 58.1 Å². The molecule has 2 heterocycles. The Morgan fingerprint density at radius 2 is 2.05 bits per heavy atom. The summed E-state index contributed by atoms with van der Waals surface area (Å²) in [7, 11) is 1.61. The highest BCUT2D eigenvalue weighted by Crippen LogP contribution is 2.45. The van der Waals surface area contributed by atoms with E-state index >= 15 is 0 Å². The fourth-order valence-corrected chi connectivity index (χ4v) is 2.94. The number of anilines is 1. The molecule has 0 aliphatic carbocycles. The van der Waals surface area contributed by atoms with Crippen LogP contribution in [0.15, 0.2) is 6.07 Å². The summed E-state index contributed by atoms with van der Waals surface area (Å²) in [5.74, 6) is -1.76. The maximum absolute atomic E-state index is 13.1. The van der Waals surface area contributed by atoms with Gasteiger partial charge in [-0.05, 0) is 33.3 Å². The molecule has 0 spiro atoms. The number of hydrogen-bond donors (Lipinski definition) is 1. The minimum atomic E-state index is -4.32. The van der Waals surface area contributed by atoms with Crippen LogP contribution < -0.4 is 5.32 Å². The Morgan fingerprint density at radius 1 is 1.41 bits per heavy atom. The fraction of sp³-hybridized carbons (Fsp3) is 0.643. The molecule has 0 bridgehead atoms. The minimum absolute atomic E-state index is 0.0634. The molecule has 1 atom stereocenters. The SMILES string of the molecule is CNc1nc(C)cc(C(=O)N2CCC(C(F)(F)F)C2(C)C)n1. The molecule has 1 fully saturated rings. The number of aryl methyl sites for hydroxylation is 1. The first-order valence-corrected chi connectivity index (χ1v) is 6.99. The monoisotopic (exact) mass is 316 g/mol. The van der Waals surface area contributed by atoms with E-state index in [1.807, 2.05) is 0 Å². The molecule has 5 nitrogen and oxygen atoms in total. The van der Waals surface area contributed by atoms with E-state index in [9.17, 15) is 18.0 Å². The van der Waals surface area contributed by atoms with Gasteiger partial charge in [0, 0.05) is 24.8 Å². The molecule has 1 aliphatic heterocycles. The largest absolute Gasteiger partial charge is 0.394 e. The fourth-order valence-electron chi connectivity index (χ4n) is 2.94. The van der Waals surface area contributed by atoms with Crippen LogP contribution in [0.1, 0.15) is 36.5 Å². The second-order valence-electron chi connectivity index (χ2n) is 5.96. The summed E-state index contributed by atoms with van der Waals surface area (Å²) in [6.45, 7) is 4.66. The van der Waals surface area contributed by atoms with Gasteiger partial charge in [-0.15, -0.1) is 0 Å². The number of carbonyl (C=O) groups excluding carboxylic acids is 1. The van der Waals surface area contributed by atoms with E-state index in [-0.39, 0.29) is 24.6 Å². The van der Waals surface area contributed by atoms with Gasteiger partial charge in [0.25, 0.3) is 5.91 Å². The van der Waals surface area contributed by atoms with E-state index in [1.54, 1.807) is 14.0 Å². The highest BCUT2D eigenvalue weighted by Gasteiger charge is 2.56. The van der Waals surface area contributed by atoms with Gasteiger partial charge in [-0.25, -0.2) is 9.97 Å². The van der Waals surface area contributed by atoms with Crippen molar-refractivity contribution >= 4 is 11.9 Å². The molecule has 1 aromatic heterocycles. The summed E-state index contributed by atoms with van der Waals surface area (Å²) in [5, 5.41) is 2.73. The van der Waals surface area contributed by atoms with Crippen LogP contribution >= 0.6 is 0 Å². The quantitative estimate of drug-likeness (QED) is 0.911. The Labute approximate surface area is 126 Å². The average Bonchev–Trinajstić information content (AvgIpc) is 2.72. The molecule has 0 aromatic carbocycles. The van der Waals surface area contributed by atoms with Crippen LogP contribution in [-0.2, 0) is 0 Å². The van der Waals surface area contributed by atoms with Crippen LogP contribution in [-0.4, -0.2) is 46.1 Å². The van der Waals surface area contributed by atoms with Crippen molar-refractivity contribution in [3.05, 3.63) is 17.5 Å². The predicted octanol–water partition coefficient (Wildman–Crippen LogP) is 2.63. The lowest BCUT2D eigenvalue weighted by atomic mass is 9.88. The van der Waals surface area contributed by atoms with E-state index in [1.165, 1.54) is 24.8 Å². The number of carbonyl (C=O) groups is 1. The summed E-state index contributed by atoms with van der Waals surface area (Å²) in [5.41, 5.74) is -0.617. The Kier molecular flexibility index (Phi) is 4.06. The minimum Gasteiger partial charge on any atom is -0.357 e. The number of likely N-dealkylation sites (tertiary alicyclic amines) is 1. The number of rotatable bonds is 2. The molecule has 122 valence electrons. The van der Waals surface area contributed by atoms with Crippen LogP contribution in [0.4, 0.5) is 19.1 Å². The zero-order valence-corrected chi connectivity index (χ0v) is 13.0. The molecule has 1 aromatic rings. The summed E-state index contributed by atoms with van der Waals surface area (Å²) in [6, 6.07) is 1.49. The lowest BCUT2D eigenvalue weighted by Gasteiger charge is -2.36. The molecule has 1 amide bonds. The third-order valence-corrected chi connectivity index (χ3v) is 4.13. The molecular weight excluding hydrogens is 297 g/mol. The Bertz CT molecular complexity index is 586. The van der Waals surface area contributed by atoms with Crippen molar-refractivity contribution in [2.75, 3.05) is 18.9 Å². The molecule has 8 heteroatoms. The van der Waals surface area contributed by atoms with Crippen LogP contribution in [0, 0.1) is 12.8 Å². The number of aromatic nitrogens is 2. The van der Waals surface area contributed by atoms with Crippen molar-refractivity contribution in [2.45, 2.75) is 38.9 Å². The third-order valence-electron chi connectivity index (χ3n) is 4.13. The third kappa shape index (κ3) is 2.86. The molecule has 22 heavy (non-hydrogen) atoms. The van der Waals surface area contributed by atoms with E-state index in [4.69, 9.17) is 0 Å². The van der Waals surface area contributed by atoms with Crippen LogP contribution in [0.3, 0.4) is 0 Å². The van der Waals surface area contributed by atoms with Crippen LogP contribution in [0.2, 0.25) is 0 Å². The molecule has 0 radical (unpaired) electrons. The summed E-state index contributed by atoms with van der Waals surface area (Å²) in [4.78, 5) is 22.0. The first-order chi connectivity index (χ1) is 10.1. The molecule has 2 rings (SSSR count). The van der Waals surface area contributed by atoms with Gasteiger partial charge < -0.3 is 10.2 Å². The van der Waals surface area contributed by atoms with Gasteiger partial charge in [0.1, 0.15) is 5.69 Å². The molecular formula is C14H19F3N4O. The van der Waals surface area contributed by atoms with Crippen LogP contribution in [0.25, 0.3) is 0 Å². The second kappa shape index (κ2) is 5.40. The van der Waals surface area contributed by atoms with E-state index < -0.39 is 23.5 Å². The smallest absolute Gasteiger partial charge is 0.357 e. The highest BCUT2D eigenvalue weighted by atomic mass is 19.4. The van der Waals surface area contributed by atoms with Crippen molar-refractivity contribution in [2.24, 2.45) is 5.92 Å². The molecule has 1 aliphatic rings. The number of hydrogen-bond acceptors (Lipinski definition) is 4. The Balaban J connectivity index is 2.33. The zero-order chi connectivity index (χ0) is 16.7. The van der Waals surface area contributed by atoms with E-state index in [0.717, 1.165) is 0 Å². The Morgan fingerprint density at radius 3 is 2.55 bits per heavy atom. The zero-order valence-electron chi connectivity index (χ0n) is 13.0. The first-order valence-electron chi connectivity index (χ1n) is 6.99. The van der Waals surface area contributed by atoms with Gasteiger partial charge in [-0.3, -0.25) is 4.79 Å². The number of nitrogens with one attached hydrogen (secondary N) is 1. The average molecular weight is 316 g/mol. The Hall–Kier alpha value is -1.86. The summed E-state index contributed by atoms with van der Waals surface area (Å²) >= 11 is 0. The lowest BCUT2D eigenvalue weighted by molar-refractivity contribution is -0.189. The summed E-state index contributed by atoms with van der Waals surface area (Å²) in [6.07, 6.45) is -4.42. The van der Waals surface area contributed by atoms with Crippen LogP contribution in [0.5, 0.6) is 0 Å². The van der Waals surface area contributed by atoms with Gasteiger partial charge in [-0.1, -0.05) is 0 Å². The van der Waals surface area contributed by atoms with E-state index in [0.29, 0.717) is 5.69 Å². The summed E-state index contributed by atoms with van der Waals surface area (Å²) < 4.78 is 39.3. The highest BCUT2D eigenvalue weighted by molar-refractivity contribution is 5.93. The normalized spacial score (nSPS) is 21.0. The van der Waals surface area contributed by atoms with E-state index in [2.05, 4.69) is 15.3 Å². The van der Waals surface area contributed by atoms with Gasteiger partial charge >= 0.3 is 6.18 Å². The number of amides is 1. The van der Waals surface area contributed by atoms with Crippen molar-refractivity contribution in [3.8, 4) is 0 Å². The predicted molar refractivity (Wildman–Crippen MR) is 75.6 cm³/mol. The van der Waals surface area contributed by atoms with Gasteiger partial charge in [0.2, 0.25) is 5.95 Å². The first kappa shape index (κ1) is 16.5. The van der Waals surface area contributed by atoms with Crippen molar-refractivity contribution in [3.63, 3.8) is 0 Å². The van der Waals surface area contributed by atoms with Crippen molar-refractivity contribution in [1.29, 1.82) is 0 Å². The molecule has 1 N–H and O–H groups in total. The number of nitrogens with zero attached hydrogens (tertiary/aromatic N) is 3. The molecule has 1 unspecified atom stereocenters. The van der Waals surface area contributed by atoms with Gasteiger partial charge in [0.15, 0.2) is 0 Å². The molecule has 0 saturated carbocycles.